The second-order valence-corrected chi connectivity index (χ2v) is 10.3. The zero-order valence-corrected chi connectivity index (χ0v) is 24.3. The smallest absolute Gasteiger partial charge is 0.350 e. The van der Waals surface area contributed by atoms with Gasteiger partial charge in [-0.3, -0.25) is 14.5 Å². The molecule has 216 valence electrons. The van der Waals surface area contributed by atoms with E-state index < -0.39 is 23.7 Å². The number of esters is 1. The Morgan fingerprint density at radius 3 is 2.44 bits per heavy atom. The number of hydrogen-bond acceptors (Lipinski definition) is 10. The Kier molecular flexibility index (Phi) is 8.97. The lowest BCUT2D eigenvalue weighted by atomic mass is 9.94. The Morgan fingerprint density at radius 1 is 1.02 bits per heavy atom. The van der Waals surface area contributed by atoms with E-state index in [9.17, 15) is 24.6 Å². The summed E-state index contributed by atoms with van der Waals surface area (Å²) in [5.74, 6) is -2.16. The number of rotatable bonds is 10. The minimum Gasteiger partial charge on any atom is -0.507 e. The predicted molar refractivity (Wildman–Crippen MR) is 154 cm³/mol. The molecule has 2 aromatic carbocycles. The zero-order chi connectivity index (χ0) is 29.8. The number of ether oxygens (including phenoxy) is 3. The van der Waals surface area contributed by atoms with Crippen molar-refractivity contribution in [3.8, 4) is 17.2 Å². The molecule has 0 radical (unpaired) electrons. The van der Waals surface area contributed by atoms with E-state index in [1.165, 1.54) is 18.2 Å². The number of phenols is 1. The Balaban J connectivity index is 1.91. The maximum atomic E-state index is 13.6. The summed E-state index contributed by atoms with van der Waals surface area (Å²) in [6.07, 6.45) is 0.828. The summed E-state index contributed by atoms with van der Waals surface area (Å²) in [5, 5.41) is 21.9. The lowest BCUT2D eigenvalue weighted by molar-refractivity contribution is -0.132. The van der Waals surface area contributed by atoms with Crippen LogP contribution in [-0.2, 0) is 14.3 Å². The van der Waals surface area contributed by atoms with Crippen LogP contribution in [0.3, 0.4) is 0 Å². The number of benzene rings is 2. The van der Waals surface area contributed by atoms with Gasteiger partial charge in [-0.15, -0.1) is 0 Å². The molecule has 0 saturated carbocycles. The number of Topliss-reactive ketones (excluding diaryl/α,β-unsaturated/α-hetero) is 1. The Hall–Kier alpha value is -4.38. The fraction of sp³-hybridized carbons (Fsp3) is 0.333. The highest BCUT2D eigenvalue weighted by Crippen LogP contribution is 2.45. The number of carbonyl (C=O) groups excluding carboxylic acids is 3. The summed E-state index contributed by atoms with van der Waals surface area (Å²) in [6, 6.07) is 8.30. The molecule has 1 aromatic heterocycles. The summed E-state index contributed by atoms with van der Waals surface area (Å²) in [4.78, 5) is 45.4. The number of hydrogen-bond donors (Lipinski definition) is 2. The number of aromatic nitrogens is 1. The van der Waals surface area contributed by atoms with Gasteiger partial charge in [0.25, 0.3) is 5.78 Å². The normalized spacial score (nSPS) is 16.2. The molecule has 3 aromatic rings. The first kappa shape index (κ1) is 29.6. The number of carbonyl (C=O) groups is 3. The van der Waals surface area contributed by atoms with Gasteiger partial charge in [-0.1, -0.05) is 24.3 Å². The number of aryl methyl sites for hydroxylation is 2. The van der Waals surface area contributed by atoms with Crippen LogP contribution in [0.4, 0.5) is 5.13 Å². The van der Waals surface area contributed by atoms with Gasteiger partial charge < -0.3 is 24.4 Å². The van der Waals surface area contributed by atoms with Crippen LogP contribution in [0.25, 0.3) is 5.76 Å². The summed E-state index contributed by atoms with van der Waals surface area (Å²) < 4.78 is 16.4. The molecule has 1 saturated heterocycles. The van der Waals surface area contributed by atoms with Crippen LogP contribution in [0.2, 0.25) is 0 Å². The molecule has 0 spiro atoms. The fourth-order valence-electron chi connectivity index (χ4n) is 4.51. The third-order valence-electron chi connectivity index (χ3n) is 6.41. The average molecular weight is 581 g/mol. The lowest BCUT2D eigenvalue weighted by Gasteiger charge is -2.23. The minimum atomic E-state index is -1.13. The van der Waals surface area contributed by atoms with Crippen molar-refractivity contribution < 1.29 is 38.8 Å². The van der Waals surface area contributed by atoms with Gasteiger partial charge in [0.1, 0.15) is 16.4 Å². The zero-order valence-electron chi connectivity index (χ0n) is 23.5. The molecule has 11 heteroatoms. The number of aliphatic hydroxyl groups is 1. The topological polar surface area (TPSA) is 135 Å². The van der Waals surface area contributed by atoms with Crippen LogP contribution < -0.4 is 14.4 Å². The van der Waals surface area contributed by atoms with Crippen LogP contribution >= 0.6 is 11.3 Å². The molecule has 1 fully saturated rings. The molecule has 1 aliphatic rings. The molecule has 10 nitrogen and oxygen atoms in total. The van der Waals surface area contributed by atoms with Gasteiger partial charge in [-0.25, -0.2) is 9.78 Å². The average Bonchev–Trinajstić information content (AvgIpc) is 3.45. The van der Waals surface area contributed by atoms with E-state index in [0.717, 1.165) is 28.2 Å². The van der Waals surface area contributed by atoms with Crippen molar-refractivity contribution in [1.82, 2.24) is 4.98 Å². The number of aliphatic hydroxyl groups excluding tert-OH is 1. The maximum absolute atomic E-state index is 13.6. The second kappa shape index (κ2) is 12.4. The van der Waals surface area contributed by atoms with Crippen molar-refractivity contribution >= 4 is 39.9 Å². The number of aromatic hydroxyl groups is 1. The summed E-state index contributed by atoms with van der Waals surface area (Å²) in [6.45, 7) is 9.80. The summed E-state index contributed by atoms with van der Waals surface area (Å²) in [5.41, 5.74) is 1.61. The van der Waals surface area contributed by atoms with Crippen LogP contribution in [0.1, 0.15) is 65.3 Å². The van der Waals surface area contributed by atoms with Crippen molar-refractivity contribution in [2.75, 3.05) is 24.7 Å². The van der Waals surface area contributed by atoms with Crippen molar-refractivity contribution in [2.24, 2.45) is 0 Å². The van der Waals surface area contributed by atoms with Crippen molar-refractivity contribution in [3.63, 3.8) is 0 Å². The molecule has 1 unspecified atom stereocenters. The third-order valence-corrected chi connectivity index (χ3v) is 7.54. The van der Waals surface area contributed by atoms with Gasteiger partial charge in [-0.2, -0.15) is 0 Å². The molecule has 1 atom stereocenters. The molecule has 1 amide bonds. The highest BCUT2D eigenvalue weighted by molar-refractivity contribution is 7.17. The monoisotopic (exact) mass is 580 g/mol. The molecular weight excluding hydrogens is 548 g/mol. The van der Waals surface area contributed by atoms with E-state index >= 15 is 0 Å². The number of phenolic OH excluding ortho intramolecular Hbond substituents is 1. The lowest BCUT2D eigenvalue weighted by Crippen LogP contribution is -2.29. The number of anilines is 1. The van der Waals surface area contributed by atoms with Gasteiger partial charge in [0, 0.05) is 5.56 Å². The van der Waals surface area contributed by atoms with Crippen molar-refractivity contribution in [2.45, 2.75) is 47.1 Å². The SMILES string of the molecule is CCCOc1ccc(C(O)=C2C(=O)C(=O)N(c3nc(C)c(C(=O)OCC)s3)C2c2ccc(O)c(OCC)c2)cc1C. The molecule has 2 N–H and O–H groups in total. The molecular formula is C30H32N2O8S. The fourth-order valence-corrected chi connectivity index (χ4v) is 5.50. The molecule has 2 heterocycles. The maximum Gasteiger partial charge on any atom is 0.350 e. The summed E-state index contributed by atoms with van der Waals surface area (Å²) in [7, 11) is 0. The Bertz CT molecular complexity index is 1530. The van der Waals surface area contributed by atoms with Crippen LogP contribution in [0.15, 0.2) is 42.0 Å². The molecule has 1 aliphatic heterocycles. The predicted octanol–water partition coefficient (Wildman–Crippen LogP) is 5.46. The minimum absolute atomic E-state index is 0.0854. The van der Waals surface area contributed by atoms with Crippen molar-refractivity contribution in [1.29, 1.82) is 0 Å². The van der Waals surface area contributed by atoms with Crippen LogP contribution in [0.5, 0.6) is 17.2 Å². The highest BCUT2D eigenvalue weighted by atomic mass is 32.1. The second-order valence-electron chi connectivity index (χ2n) is 9.29. The van der Waals surface area contributed by atoms with E-state index in [2.05, 4.69) is 4.98 Å². The molecule has 41 heavy (non-hydrogen) atoms. The first-order chi connectivity index (χ1) is 19.6. The number of nitrogens with zero attached hydrogens (tertiary/aromatic N) is 2. The number of thiazole rings is 1. The molecule has 0 bridgehead atoms. The van der Waals surface area contributed by atoms with Gasteiger partial charge in [0.15, 0.2) is 16.6 Å². The number of ketones is 1. The van der Waals surface area contributed by atoms with E-state index in [1.54, 1.807) is 39.0 Å². The standard InChI is InChI=1S/C30H32N2O8S/c1-6-13-40-21-12-10-19(14-16(21)4)25(34)23-24(18-9-11-20(33)22(15-18)38-7-2)32(28(36)26(23)35)30-31-17(5)27(41-30)29(37)39-8-3/h9-12,14-15,24,33-34H,6-8,13H2,1-5H3. The van der Waals surface area contributed by atoms with E-state index in [-0.39, 0.29) is 46.1 Å². The van der Waals surface area contributed by atoms with Gasteiger partial charge in [-0.05, 0) is 75.6 Å². The molecule has 0 aliphatic carbocycles. The highest BCUT2D eigenvalue weighted by Gasteiger charge is 2.48. The van der Waals surface area contributed by atoms with Crippen LogP contribution in [0, 0.1) is 13.8 Å². The summed E-state index contributed by atoms with van der Waals surface area (Å²) >= 11 is 0.914. The van der Waals surface area contributed by atoms with E-state index in [1.807, 2.05) is 13.8 Å². The first-order valence-corrected chi connectivity index (χ1v) is 14.1. The van der Waals surface area contributed by atoms with Crippen molar-refractivity contribution in [3.05, 3.63) is 69.2 Å². The third kappa shape index (κ3) is 5.76. The number of amides is 1. The first-order valence-electron chi connectivity index (χ1n) is 13.3. The molecule has 4 rings (SSSR count). The van der Waals surface area contributed by atoms with Gasteiger partial charge in [0.2, 0.25) is 0 Å². The van der Waals surface area contributed by atoms with Gasteiger partial charge in [0.05, 0.1) is 37.1 Å². The quantitative estimate of drug-likeness (QED) is 0.139. The van der Waals surface area contributed by atoms with Gasteiger partial charge >= 0.3 is 11.9 Å². The van der Waals surface area contributed by atoms with E-state index in [4.69, 9.17) is 14.2 Å². The van der Waals surface area contributed by atoms with E-state index in [0.29, 0.717) is 29.2 Å². The Morgan fingerprint density at radius 2 is 1.78 bits per heavy atom. The largest absolute Gasteiger partial charge is 0.507 e. The Labute approximate surface area is 241 Å². The van der Waals surface area contributed by atoms with Crippen LogP contribution in [-0.4, -0.2) is 52.7 Å².